The molecule has 0 amide bonds. The third kappa shape index (κ3) is 15.0. The lowest BCUT2D eigenvalue weighted by Gasteiger charge is -2.25. The second-order valence-corrected chi connectivity index (χ2v) is 4.67. The zero-order valence-electron chi connectivity index (χ0n) is 10.2. The van der Waals surface area contributed by atoms with E-state index in [0.29, 0.717) is 0 Å². The third-order valence-electron chi connectivity index (χ3n) is 1.97. The van der Waals surface area contributed by atoms with Crippen LogP contribution in [0.5, 0.6) is 0 Å². The van der Waals surface area contributed by atoms with Crippen molar-refractivity contribution in [2.24, 2.45) is 0 Å². The molecule has 0 saturated heterocycles. The fraction of sp³-hybridized carbons (Fsp3) is 1.00. The average molecular weight is 245 g/mol. The number of rotatable bonds is 6. The summed E-state index contributed by atoms with van der Waals surface area (Å²) in [5, 5.41) is 0. The molecule has 0 radical (unpaired) electrons. The van der Waals surface area contributed by atoms with Crippen LogP contribution in [0.1, 0.15) is 19.8 Å². The van der Waals surface area contributed by atoms with Crippen LogP contribution in [0.2, 0.25) is 0 Å². The molecule has 0 aliphatic rings. The fourth-order valence-corrected chi connectivity index (χ4v) is 1.31. The van der Waals surface area contributed by atoms with Crippen LogP contribution in [0.3, 0.4) is 0 Å². The molecular weight excluding hydrogens is 219 g/mol. The number of hydrogen-bond donors (Lipinski definition) is 0. The summed E-state index contributed by atoms with van der Waals surface area (Å²) in [6, 6.07) is 0. The molecule has 0 rings (SSSR count). The van der Waals surface area contributed by atoms with E-state index in [9.17, 15) is 0 Å². The zero-order chi connectivity index (χ0) is 9.61. The smallest absolute Gasteiger partial charge is 0.0792 e. The maximum Gasteiger partial charge on any atom is 0.0792 e. The van der Waals surface area contributed by atoms with Gasteiger partial charge in [-0.3, -0.25) is 0 Å². The summed E-state index contributed by atoms with van der Waals surface area (Å²) in [5.41, 5.74) is 0. The molecule has 0 heterocycles. The Kier molecular flexibility index (Phi) is 14.3. The van der Waals surface area contributed by atoms with E-state index in [1.165, 1.54) is 32.5 Å². The minimum atomic E-state index is 0. The third-order valence-corrected chi connectivity index (χ3v) is 1.97. The molecule has 4 heteroatoms. The number of nitrogens with zero attached hydrogens (tertiary/aromatic N) is 2. The van der Waals surface area contributed by atoms with Gasteiger partial charge in [0, 0.05) is 13.0 Å². The first-order valence-corrected chi connectivity index (χ1v) is 4.94. The summed E-state index contributed by atoms with van der Waals surface area (Å²) in [5.74, 6) is 0. The highest BCUT2D eigenvalue weighted by Gasteiger charge is 2.06. The topological polar surface area (TPSA) is 3.24 Å². The average Bonchev–Trinajstić information content (AvgIpc) is 1.84. The predicted octanol–water partition coefficient (Wildman–Crippen LogP) is -1.15. The van der Waals surface area contributed by atoms with E-state index in [1.54, 1.807) is 0 Å². The van der Waals surface area contributed by atoms with Crippen LogP contribution in [0.25, 0.3) is 0 Å². The summed E-state index contributed by atoms with van der Waals surface area (Å²) >= 11 is 0. The summed E-state index contributed by atoms with van der Waals surface area (Å²) in [6.07, 6.45) is 2.57. The van der Waals surface area contributed by atoms with Gasteiger partial charge < -0.3 is 21.8 Å². The van der Waals surface area contributed by atoms with Crippen molar-refractivity contribution in [3.05, 3.63) is 0 Å². The zero-order valence-corrected chi connectivity index (χ0v) is 11.8. The Morgan fingerprint density at radius 3 is 1.93 bits per heavy atom. The van der Waals surface area contributed by atoms with Crippen molar-refractivity contribution in [3.63, 3.8) is 0 Å². The first-order chi connectivity index (χ1) is 5.45. The molecule has 0 fully saturated rings. The first-order valence-electron chi connectivity index (χ1n) is 4.94. The van der Waals surface area contributed by atoms with E-state index < -0.39 is 0 Å². The lowest BCUT2D eigenvalue weighted by atomic mass is 10.3. The maximum absolute atomic E-state index is 2.41. The van der Waals surface area contributed by atoms with Gasteiger partial charge in [-0.2, -0.15) is 0 Å². The van der Waals surface area contributed by atoms with Gasteiger partial charge in [-0.05, 0) is 20.0 Å². The summed E-state index contributed by atoms with van der Waals surface area (Å²) in [7, 11) is 8.96. The molecule has 14 heavy (non-hydrogen) atoms. The van der Waals surface area contributed by atoms with Gasteiger partial charge >= 0.3 is 0 Å². The lowest BCUT2D eigenvalue weighted by Crippen LogP contribution is -3.00. The standard InChI is InChI=1S/C10H25N2.2ClH/c1-6-8-11(2)9-7-10-12(3,4)5;;/h6-10H2,1-5H3;2*1H/q+1;;/p-1. The molecule has 0 aromatic heterocycles. The Morgan fingerprint density at radius 2 is 1.57 bits per heavy atom. The van der Waals surface area contributed by atoms with Crippen LogP contribution in [-0.2, 0) is 0 Å². The van der Waals surface area contributed by atoms with Crippen LogP contribution in [0.4, 0.5) is 0 Å². The van der Waals surface area contributed by atoms with Gasteiger partial charge in [0.05, 0.1) is 27.7 Å². The minimum Gasteiger partial charge on any atom is -1.00 e. The van der Waals surface area contributed by atoms with E-state index in [-0.39, 0.29) is 24.8 Å². The van der Waals surface area contributed by atoms with Crippen LogP contribution < -0.4 is 12.4 Å². The monoisotopic (exact) mass is 244 g/mol. The molecule has 0 aliphatic carbocycles. The fourth-order valence-electron chi connectivity index (χ4n) is 1.31. The first kappa shape index (κ1) is 20.0. The summed E-state index contributed by atoms with van der Waals surface area (Å²) < 4.78 is 1.08. The highest BCUT2D eigenvalue weighted by Crippen LogP contribution is 1.95. The Balaban J connectivity index is -0.000000605. The van der Waals surface area contributed by atoms with Crippen molar-refractivity contribution in [2.45, 2.75) is 19.8 Å². The number of quaternary nitrogens is 1. The predicted molar refractivity (Wildman–Crippen MR) is 62.6 cm³/mol. The van der Waals surface area contributed by atoms with Gasteiger partial charge in [-0.15, -0.1) is 12.4 Å². The number of halogens is 2. The van der Waals surface area contributed by atoms with Crippen LogP contribution >= 0.6 is 12.4 Å². The van der Waals surface area contributed by atoms with Gasteiger partial charge in [0.2, 0.25) is 0 Å². The van der Waals surface area contributed by atoms with Crippen LogP contribution in [-0.4, -0.2) is 57.2 Å². The van der Waals surface area contributed by atoms with Gasteiger partial charge in [0.15, 0.2) is 0 Å². The summed E-state index contributed by atoms with van der Waals surface area (Å²) in [4.78, 5) is 2.41. The molecule has 0 saturated carbocycles. The summed E-state index contributed by atoms with van der Waals surface area (Å²) in [6.45, 7) is 5.98. The van der Waals surface area contributed by atoms with Crippen molar-refractivity contribution in [3.8, 4) is 0 Å². The normalized spacial score (nSPS) is 10.7. The van der Waals surface area contributed by atoms with Crippen molar-refractivity contribution < 1.29 is 16.9 Å². The molecule has 0 atom stereocenters. The van der Waals surface area contributed by atoms with E-state index in [2.05, 4.69) is 40.0 Å². The van der Waals surface area contributed by atoms with Gasteiger partial charge in [0.1, 0.15) is 0 Å². The van der Waals surface area contributed by atoms with Crippen molar-refractivity contribution >= 4 is 12.4 Å². The second kappa shape index (κ2) is 10.0. The molecule has 0 N–H and O–H groups in total. The largest absolute Gasteiger partial charge is 1.00 e. The molecule has 90 valence electrons. The highest BCUT2D eigenvalue weighted by molar-refractivity contribution is 5.85. The van der Waals surface area contributed by atoms with Crippen molar-refractivity contribution in [2.75, 3.05) is 47.8 Å². The quantitative estimate of drug-likeness (QED) is 0.534. The molecule has 0 spiro atoms. The molecule has 2 nitrogen and oxygen atoms in total. The van der Waals surface area contributed by atoms with E-state index >= 15 is 0 Å². The van der Waals surface area contributed by atoms with E-state index in [1.807, 2.05) is 0 Å². The van der Waals surface area contributed by atoms with E-state index in [0.717, 1.165) is 4.48 Å². The Bertz CT molecular complexity index is 113. The SMILES string of the molecule is CCCN(C)CCC[N+](C)(C)C.Cl.[Cl-]. The van der Waals surface area contributed by atoms with Gasteiger partial charge in [0.25, 0.3) is 0 Å². The van der Waals surface area contributed by atoms with Crippen molar-refractivity contribution in [1.29, 1.82) is 0 Å². The highest BCUT2D eigenvalue weighted by atomic mass is 35.5. The maximum atomic E-state index is 2.41. The Labute approximate surface area is 102 Å². The molecule has 0 bridgehead atoms. The van der Waals surface area contributed by atoms with Gasteiger partial charge in [-0.1, -0.05) is 6.92 Å². The number of hydrogen-bond acceptors (Lipinski definition) is 1. The second-order valence-electron chi connectivity index (χ2n) is 4.67. The van der Waals surface area contributed by atoms with Crippen LogP contribution in [0, 0.1) is 0 Å². The molecule has 0 aromatic rings. The van der Waals surface area contributed by atoms with Crippen LogP contribution in [0.15, 0.2) is 0 Å². The Hall–Kier alpha value is 0.500. The minimum absolute atomic E-state index is 0. The Morgan fingerprint density at radius 1 is 1.07 bits per heavy atom. The van der Waals surface area contributed by atoms with Gasteiger partial charge in [-0.25, -0.2) is 0 Å². The van der Waals surface area contributed by atoms with E-state index in [4.69, 9.17) is 0 Å². The molecular formula is C10H26Cl2N2. The molecule has 0 unspecified atom stereocenters. The lowest BCUT2D eigenvalue weighted by molar-refractivity contribution is -0.870. The molecule has 0 aliphatic heterocycles. The van der Waals surface area contributed by atoms with Crippen molar-refractivity contribution in [1.82, 2.24) is 4.90 Å². The molecule has 0 aromatic carbocycles.